The maximum atomic E-state index is 12.2. The van der Waals surface area contributed by atoms with Gasteiger partial charge in [0.1, 0.15) is 0 Å². The van der Waals surface area contributed by atoms with Crippen LogP contribution in [0.25, 0.3) is 0 Å². The highest BCUT2D eigenvalue weighted by atomic mass is 16.5. The Bertz CT molecular complexity index is 619. The van der Waals surface area contributed by atoms with Crippen molar-refractivity contribution in [2.45, 2.75) is 52.4 Å². The van der Waals surface area contributed by atoms with E-state index in [-0.39, 0.29) is 28.7 Å². The molecular formula is C21H30O4. The first-order chi connectivity index (χ1) is 11.8. The van der Waals surface area contributed by atoms with Crippen LogP contribution in [0.1, 0.15) is 52.4 Å². The SMILES string of the molecule is COC(=O)CC1CCC2C3=CC=CC3(C)CC[C@@H]2C1(C)CC(=O)OC. The molecule has 0 spiro atoms. The minimum absolute atomic E-state index is 0.166. The highest BCUT2D eigenvalue weighted by molar-refractivity contribution is 5.72. The Morgan fingerprint density at radius 3 is 2.52 bits per heavy atom. The summed E-state index contributed by atoms with van der Waals surface area (Å²) < 4.78 is 9.92. The van der Waals surface area contributed by atoms with E-state index < -0.39 is 0 Å². The third kappa shape index (κ3) is 3.04. The molecule has 25 heavy (non-hydrogen) atoms. The molecule has 4 unspecified atom stereocenters. The molecule has 0 heterocycles. The molecule has 2 fully saturated rings. The minimum atomic E-state index is -0.227. The first kappa shape index (κ1) is 18.2. The number of methoxy groups -OCH3 is 2. The Labute approximate surface area is 150 Å². The largest absolute Gasteiger partial charge is 0.469 e. The van der Waals surface area contributed by atoms with E-state index in [4.69, 9.17) is 9.47 Å². The number of ether oxygens (including phenoxy) is 2. The predicted molar refractivity (Wildman–Crippen MR) is 95.6 cm³/mol. The third-order valence-electron chi connectivity index (χ3n) is 7.26. The monoisotopic (exact) mass is 346 g/mol. The molecule has 3 aliphatic carbocycles. The highest BCUT2D eigenvalue weighted by Crippen LogP contribution is 2.62. The van der Waals surface area contributed by atoms with Crippen molar-refractivity contribution in [1.29, 1.82) is 0 Å². The van der Waals surface area contributed by atoms with Crippen molar-refractivity contribution < 1.29 is 19.1 Å². The summed E-state index contributed by atoms with van der Waals surface area (Å²) in [5.41, 5.74) is 1.48. The number of carbonyl (C=O) groups is 2. The summed E-state index contributed by atoms with van der Waals surface area (Å²) in [4.78, 5) is 24.1. The van der Waals surface area contributed by atoms with Gasteiger partial charge < -0.3 is 9.47 Å². The van der Waals surface area contributed by atoms with Crippen LogP contribution < -0.4 is 0 Å². The number of rotatable bonds is 4. The number of esters is 2. The standard InChI is InChI=1S/C21H30O4/c1-20-10-5-6-16(20)15-8-7-14(12-18(22)24-3)21(2,13-19(23)25-4)17(15)9-11-20/h5-6,10,14-15,17H,7-9,11-13H2,1-4H3/t14?,15?,17-,20?,21?/m0/s1. The van der Waals surface area contributed by atoms with Crippen LogP contribution in [0, 0.1) is 28.6 Å². The zero-order valence-electron chi connectivity index (χ0n) is 15.8. The van der Waals surface area contributed by atoms with E-state index in [1.807, 2.05) is 0 Å². The fourth-order valence-corrected chi connectivity index (χ4v) is 5.74. The first-order valence-corrected chi connectivity index (χ1v) is 9.37. The summed E-state index contributed by atoms with van der Waals surface area (Å²) in [6.45, 7) is 4.52. The van der Waals surface area contributed by atoms with Crippen LogP contribution in [-0.2, 0) is 19.1 Å². The summed E-state index contributed by atoms with van der Waals surface area (Å²) in [5, 5.41) is 0. The van der Waals surface area contributed by atoms with Gasteiger partial charge in [-0.15, -0.1) is 0 Å². The topological polar surface area (TPSA) is 52.6 Å². The summed E-state index contributed by atoms with van der Waals surface area (Å²) in [7, 11) is 2.88. The molecule has 0 bridgehead atoms. The van der Waals surface area contributed by atoms with Crippen molar-refractivity contribution in [1.82, 2.24) is 0 Å². The van der Waals surface area contributed by atoms with Gasteiger partial charge in [-0.05, 0) is 48.9 Å². The summed E-state index contributed by atoms with van der Waals surface area (Å²) in [6.07, 6.45) is 11.8. The Morgan fingerprint density at radius 1 is 1.12 bits per heavy atom. The van der Waals surface area contributed by atoms with Gasteiger partial charge in [-0.1, -0.05) is 37.6 Å². The van der Waals surface area contributed by atoms with E-state index in [1.54, 1.807) is 0 Å². The molecule has 0 aromatic heterocycles. The molecule has 4 heteroatoms. The number of hydrogen-bond acceptors (Lipinski definition) is 4. The van der Waals surface area contributed by atoms with Crippen LogP contribution in [0.15, 0.2) is 23.8 Å². The fraction of sp³-hybridized carbons (Fsp3) is 0.714. The van der Waals surface area contributed by atoms with Crippen molar-refractivity contribution in [3.8, 4) is 0 Å². The molecule has 0 amide bonds. The third-order valence-corrected chi connectivity index (χ3v) is 7.26. The zero-order chi connectivity index (χ0) is 18.2. The van der Waals surface area contributed by atoms with Crippen LogP contribution in [0.3, 0.4) is 0 Å². The van der Waals surface area contributed by atoms with Gasteiger partial charge in [-0.25, -0.2) is 0 Å². The lowest BCUT2D eigenvalue weighted by Crippen LogP contribution is -2.49. The van der Waals surface area contributed by atoms with Gasteiger partial charge in [0, 0.05) is 11.8 Å². The quantitative estimate of drug-likeness (QED) is 0.721. The smallest absolute Gasteiger partial charge is 0.306 e. The van der Waals surface area contributed by atoms with E-state index in [0.29, 0.717) is 24.7 Å². The highest BCUT2D eigenvalue weighted by Gasteiger charge is 2.54. The molecule has 3 rings (SSSR count). The molecule has 0 N–H and O–H groups in total. The second-order valence-corrected chi connectivity index (χ2v) is 8.46. The first-order valence-electron chi connectivity index (χ1n) is 9.37. The van der Waals surface area contributed by atoms with Crippen LogP contribution in [0.4, 0.5) is 0 Å². The van der Waals surface area contributed by atoms with Gasteiger partial charge in [0.05, 0.1) is 20.6 Å². The van der Waals surface area contributed by atoms with Crippen molar-refractivity contribution in [3.05, 3.63) is 23.8 Å². The Hall–Kier alpha value is -1.58. The van der Waals surface area contributed by atoms with Crippen LogP contribution in [0.2, 0.25) is 0 Å². The van der Waals surface area contributed by atoms with Gasteiger partial charge in [0.2, 0.25) is 0 Å². The van der Waals surface area contributed by atoms with Gasteiger partial charge in [-0.2, -0.15) is 0 Å². The molecule has 3 aliphatic rings. The molecule has 0 aromatic carbocycles. The number of hydrogen-bond donors (Lipinski definition) is 0. The minimum Gasteiger partial charge on any atom is -0.469 e. The molecule has 0 saturated heterocycles. The van der Waals surface area contributed by atoms with E-state index >= 15 is 0 Å². The zero-order valence-corrected chi connectivity index (χ0v) is 15.8. The average molecular weight is 346 g/mol. The lowest BCUT2D eigenvalue weighted by molar-refractivity contribution is -0.153. The van der Waals surface area contributed by atoms with Gasteiger partial charge >= 0.3 is 11.9 Å². The van der Waals surface area contributed by atoms with Crippen LogP contribution >= 0.6 is 0 Å². The molecule has 5 atom stereocenters. The van der Waals surface area contributed by atoms with Crippen LogP contribution in [-0.4, -0.2) is 26.2 Å². The number of carbonyl (C=O) groups excluding carboxylic acids is 2. The second kappa shape index (κ2) is 6.62. The molecule has 138 valence electrons. The molecule has 4 nitrogen and oxygen atoms in total. The molecule has 0 aromatic rings. The van der Waals surface area contributed by atoms with E-state index in [0.717, 1.165) is 25.7 Å². The molecular weight excluding hydrogens is 316 g/mol. The summed E-state index contributed by atoms with van der Waals surface area (Å²) in [5.74, 6) is 0.720. The Kier molecular flexibility index (Phi) is 4.82. The Morgan fingerprint density at radius 2 is 1.84 bits per heavy atom. The van der Waals surface area contributed by atoms with Gasteiger partial charge in [0.25, 0.3) is 0 Å². The van der Waals surface area contributed by atoms with E-state index in [2.05, 4.69) is 32.1 Å². The van der Waals surface area contributed by atoms with E-state index in [1.165, 1.54) is 19.8 Å². The predicted octanol–water partition coefficient (Wildman–Crippen LogP) is 4.06. The maximum Gasteiger partial charge on any atom is 0.306 e. The molecule has 0 aliphatic heterocycles. The van der Waals surface area contributed by atoms with Crippen LogP contribution in [0.5, 0.6) is 0 Å². The number of fused-ring (bicyclic) bond motifs is 3. The molecule has 2 saturated carbocycles. The normalized spacial score (nSPS) is 39.2. The van der Waals surface area contributed by atoms with Crippen molar-refractivity contribution in [2.75, 3.05) is 14.2 Å². The van der Waals surface area contributed by atoms with Gasteiger partial charge in [-0.3, -0.25) is 9.59 Å². The second-order valence-electron chi connectivity index (χ2n) is 8.46. The lowest BCUT2D eigenvalue weighted by atomic mass is 9.48. The molecule has 0 radical (unpaired) electrons. The van der Waals surface area contributed by atoms with Crippen molar-refractivity contribution >= 4 is 11.9 Å². The summed E-state index contributed by atoms with van der Waals surface area (Å²) in [6, 6.07) is 0. The fourth-order valence-electron chi connectivity index (χ4n) is 5.74. The Balaban J connectivity index is 1.91. The van der Waals surface area contributed by atoms with Crippen molar-refractivity contribution in [3.63, 3.8) is 0 Å². The van der Waals surface area contributed by atoms with Crippen molar-refractivity contribution in [2.24, 2.45) is 28.6 Å². The number of allylic oxidation sites excluding steroid dienone is 4. The maximum absolute atomic E-state index is 12.2. The summed E-state index contributed by atoms with van der Waals surface area (Å²) >= 11 is 0. The lowest BCUT2D eigenvalue weighted by Gasteiger charge is -2.56. The van der Waals surface area contributed by atoms with E-state index in [9.17, 15) is 9.59 Å². The van der Waals surface area contributed by atoms with Gasteiger partial charge in [0.15, 0.2) is 0 Å². The average Bonchev–Trinajstić information content (AvgIpc) is 2.99.